The third kappa shape index (κ3) is 9.48. The van der Waals surface area contributed by atoms with Gasteiger partial charge in [0, 0.05) is 79.2 Å². The largest absolute Gasteiger partial charge is 0.460 e. The van der Waals surface area contributed by atoms with E-state index < -0.39 is 11.9 Å². The molecule has 17 nitrogen and oxygen atoms in total. The van der Waals surface area contributed by atoms with Crippen LogP contribution >= 0.6 is 0 Å². The number of aromatic nitrogens is 5. The quantitative estimate of drug-likeness (QED) is 0.0891. The normalized spacial score (nSPS) is 17.3. The van der Waals surface area contributed by atoms with Gasteiger partial charge in [-0.1, -0.05) is 32.0 Å². The molecule has 2 aromatic carbocycles. The molecule has 61 heavy (non-hydrogen) atoms. The highest BCUT2D eigenvalue weighted by Gasteiger charge is 2.39. The van der Waals surface area contributed by atoms with Gasteiger partial charge in [-0.05, 0) is 80.0 Å². The van der Waals surface area contributed by atoms with Crippen molar-refractivity contribution in [3.63, 3.8) is 0 Å². The lowest BCUT2D eigenvalue weighted by molar-refractivity contribution is -0.137. The minimum absolute atomic E-state index is 0.0474. The highest BCUT2D eigenvalue weighted by molar-refractivity contribution is 6.06. The summed E-state index contributed by atoms with van der Waals surface area (Å²) >= 11 is 0. The van der Waals surface area contributed by atoms with Crippen LogP contribution in [0, 0.1) is 0 Å². The molecule has 3 aromatic heterocycles. The van der Waals surface area contributed by atoms with Gasteiger partial charge in [0.05, 0.1) is 19.4 Å². The van der Waals surface area contributed by atoms with E-state index >= 15 is 0 Å². The SMILES string of the molecule is CC(C)c1cnn2c(NCc3ccc(NC(=O)COCCOCCCc4cccc5c4CN(C4CCC(=O)NC4=O)C5=O)c4ccncc34)nc(OC3CCN(C)CC3)nc12. The number of nitrogens with one attached hydrogen (secondary N) is 3. The summed E-state index contributed by atoms with van der Waals surface area (Å²) in [6, 6.07) is 11.0. The molecule has 2 fully saturated rings. The van der Waals surface area contributed by atoms with Gasteiger partial charge in [0.25, 0.3) is 5.91 Å². The topological polar surface area (TPSA) is 195 Å². The number of carbonyl (C=O) groups is 4. The van der Waals surface area contributed by atoms with Crippen LogP contribution in [0.15, 0.2) is 55.0 Å². The van der Waals surface area contributed by atoms with Gasteiger partial charge in [-0.25, -0.2) is 0 Å². The second-order valence-electron chi connectivity index (χ2n) is 16.1. The van der Waals surface area contributed by atoms with E-state index in [2.05, 4.69) is 51.8 Å². The zero-order valence-electron chi connectivity index (χ0n) is 34.8. The molecule has 0 radical (unpaired) electrons. The molecule has 3 aliphatic rings. The molecule has 4 amide bonds. The summed E-state index contributed by atoms with van der Waals surface area (Å²) in [4.78, 5) is 67.9. The van der Waals surface area contributed by atoms with Crippen LogP contribution in [0.25, 0.3) is 16.4 Å². The number of anilines is 2. The maximum atomic E-state index is 13.1. The summed E-state index contributed by atoms with van der Waals surface area (Å²) in [6.07, 6.45) is 9.15. The number of hydrogen-bond donors (Lipinski definition) is 3. The van der Waals surface area contributed by atoms with Crippen molar-refractivity contribution < 1.29 is 33.4 Å². The van der Waals surface area contributed by atoms with E-state index in [1.807, 2.05) is 36.5 Å². The maximum Gasteiger partial charge on any atom is 0.322 e. The van der Waals surface area contributed by atoms with Crippen LogP contribution in [0.1, 0.15) is 84.5 Å². The smallest absolute Gasteiger partial charge is 0.322 e. The van der Waals surface area contributed by atoms with Crippen LogP contribution < -0.4 is 20.7 Å². The van der Waals surface area contributed by atoms with Gasteiger partial charge in [-0.2, -0.15) is 19.6 Å². The molecule has 0 aliphatic carbocycles. The highest BCUT2D eigenvalue weighted by atomic mass is 16.5. The van der Waals surface area contributed by atoms with E-state index in [1.54, 1.807) is 27.9 Å². The highest BCUT2D eigenvalue weighted by Crippen LogP contribution is 2.31. The Morgan fingerprint density at radius 1 is 0.951 bits per heavy atom. The Kier molecular flexibility index (Phi) is 12.8. The van der Waals surface area contributed by atoms with Crippen LogP contribution in [0.2, 0.25) is 0 Å². The molecule has 2 saturated heterocycles. The first kappa shape index (κ1) is 41.7. The second kappa shape index (κ2) is 18.7. The Hall–Kier alpha value is -6.04. The van der Waals surface area contributed by atoms with E-state index in [0.29, 0.717) is 68.0 Å². The number of likely N-dealkylation sites (tertiary alicyclic amines) is 1. The van der Waals surface area contributed by atoms with Crippen molar-refractivity contribution in [2.75, 3.05) is 57.2 Å². The van der Waals surface area contributed by atoms with Crippen molar-refractivity contribution in [3.05, 3.63) is 82.8 Å². The number of carbonyl (C=O) groups excluding carboxylic acids is 4. The molecule has 0 bridgehead atoms. The minimum Gasteiger partial charge on any atom is -0.460 e. The first-order valence-corrected chi connectivity index (χ1v) is 21.0. The van der Waals surface area contributed by atoms with Gasteiger partial charge in [0.15, 0.2) is 5.65 Å². The van der Waals surface area contributed by atoms with Crippen LogP contribution in [-0.4, -0.2) is 117 Å². The zero-order valence-corrected chi connectivity index (χ0v) is 34.8. The molecular weight excluding hydrogens is 781 g/mol. The Morgan fingerprint density at radius 3 is 2.61 bits per heavy atom. The van der Waals surface area contributed by atoms with E-state index in [9.17, 15) is 19.2 Å². The van der Waals surface area contributed by atoms with Gasteiger partial charge in [-0.15, -0.1) is 0 Å². The van der Waals surface area contributed by atoms with E-state index in [1.165, 1.54) is 0 Å². The Morgan fingerprint density at radius 2 is 1.79 bits per heavy atom. The van der Waals surface area contributed by atoms with Crippen molar-refractivity contribution in [2.45, 2.75) is 83.5 Å². The number of benzene rings is 2. The fourth-order valence-electron chi connectivity index (χ4n) is 8.21. The molecule has 17 heteroatoms. The number of piperidine rings is 2. The number of amides is 4. The van der Waals surface area contributed by atoms with Gasteiger partial charge in [0.1, 0.15) is 18.8 Å². The van der Waals surface area contributed by atoms with Crippen LogP contribution in [0.3, 0.4) is 0 Å². The fraction of sp³-hybridized carbons (Fsp3) is 0.455. The van der Waals surface area contributed by atoms with Crippen molar-refractivity contribution in [3.8, 4) is 6.01 Å². The molecule has 0 spiro atoms. The third-order valence-electron chi connectivity index (χ3n) is 11.6. The Labute approximate surface area is 353 Å². The summed E-state index contributed by atoms with van der Waals surface area (Å²) in [5.74, 6) is -0.463. The Bertz CT molecular complexity index is 2430. The predicted octanol–water partition coefficient (Wildman–Crippen LogP) is 4.25. The molecule has 3 N–H and O–H groups in total. The molecule has 1 atom stereocenters. The molecule has 320 valence electrons. The van der Waals surface area contributed by atoms with Crippen molar-refractivity contribution in [1.29, 1.82) is 0 Å². The standard InChI is InChI=1S/C44H52N10O7/c1-27(2)33-24-47-54-40(33)50-44(61-30-14-17-52(3)18-15-30)51-43(54)46-22-29-9-10-36(31-13-16-45-23-34(29)31)48-39(56)26-60-21-20-59-19-5-7-28-6-4-8-32-35(28)25-53(42(32)58)37-11-12-38(55)49-41(37)57/h4,6,8-10,13,16,23-24,27,30,37H,5,7,11-12,14-15,17-22,25-26H2,1-3H3,(H,48,56)(H,46,50,51)(H,49,55,57). The molecule has 3 aliphatic heterocycles. The summed E-state index contributed by atoms with van der Waals surface area (Å²) in [6.45, 7) is 7.80. The number of nitrogens with zero attached hydrogens (tertiary/aromatic N) is 7. The number of ether oxygens (including phenoxy) is 3. The van der Waals surface area contributed by atoms with Gasteiger partial charge >= 0.3 is 6.01 Å². The lowest BCUT2D eigenvalue weighted by Crippen LogP contribution is -2.52. The monoisotopic (exact) mass is 832 g/mol. The first-order valence-electron chi connectivity index (χ1n) is 21.0. The maximum absolute atomic E-state index is 13.1. The molecule has 5 aromatic rings. The first-order chi connectivity index (χ1) is 29.6. The lowest BCUT2D eigenvalue weighted by Gasteiger charge is -2.29. The molecule has 0 saturated carbocycles. The Balaban J connectivity index is 0.805. The average molecular weight is 833 g/mol. The zero-order chi connectivity index (χ0) is 42.5. The second-order valence-corrected chi connectivity index (χ2v) is 16.1. The average Bonchev–Trinajstić information content (AvgIpc) is 3.84. The van der Waals surface area contributed by atoms with Crippen molar-refractivity contribution in [2.24, 2.45) is 0 Å². The number of aryl methyl sites for hydroxylation is 1. The summed E-state index contributed by atoms with van der Waals surface area (Å²) in [5, 5.41) is 15.1. The van der Waals surface area contributed by atoms with Crippen molar-refractivity contribution in [1.82, 2.24) is 39.7 Å². The summed E-state index contributed by atoms with van der Waals surface area (Å²) < 4.78 is 19.5. The molecule has 1 unspecified atom stereocenters. The minimum atomic E-state index is -0.643. The van der Waals surface area contributed by atoms with E-state index in [4.69, 9.17) is 24.2 Å². The van der Waals surface area contributed by atoms with E-state index in [-0.39, 0.29) is 49.4 Å². The molecule has 8 rings (SSSR count). The van der Waals surface area contributed by atoms with Gasteiger partial charge in [-0.3, -0.25) is 29.5 Å². The third-order valence-corrected chi connectivity index (χ3v) is 11.6. The molecule has 6 heterocycles. The number of imide groups is 1. The van der Waals surface area contributed by atoms with Crippen molar-refractivity contribution >= 4 is 51.7 Å². The van der Waals surface area contributed by atoms with Crippen LogP contribution in [0.5, 0.6) is 6.01 Å². The fourth-order valence-corrected chi connectivity index (χ4v) is 8.21. The number of fused-ring (bicyclic) bond motifs is 3. The number of rotatable bonds is 17. The number of pyridine rings is 1. The number of hydrogen-bond acceptors (Lipinski definition) is 13. The van der Waals surface area contributed by atoms with Gasteiger partial charge in [0.2, 0.25) is 23.7 Å². The summed E-state index contributed by atoms with van der Waals surface area (Å²) in [7, 11) is 2.12. The van der Waals surface area contributed by atoms with E-state index in [0.717, 1.165) is 65.4 Å². The lowest BCUT2D eigenvalue weighted by atomic mass is 10.00. The predicted molar refractivity (Wildman–Crippen MR) is 226 cm³/mol. The molecular formula is C44H52N10O7. The van der Waals surface area contributed by atoms with Crippen LogP contribution in [0.4, 0.5) is 11.6 Å². The summed E-state index contributed by atoms with van der Waals surface area (Å²) in [5.41, 5.74) is 5.88. The van der Waals surface area contributed by atoms with Crippen LogP contribution in [-0.2, 0) is 43.4 Å². The van der Waals surface area contributed by atoms with Gasteiger partial charge < -0.3 is 34.6 Å².